The topological polar surface area (TPSA) is 59.8 Å². The minimum Gasteiger partial charge on any atom is -0.347 e. The second-order valence-electron chi connectivity index (χ2n) is 7.94. The molecule has 4 rings (SSSR count). The molecule has 1 amide bonds. The smallest absolute Gasteiger partial charge is 0.225 e. The van der Waals surface area contributed by atoms with E-state index in [9.17, 15) is 4.79 Å². The Balaban J connectivity index is 1.43. The first-order valence-electron chi connectivity index (χ1n) is 9.90. The minimum atomic E-state index is -0.689. The van der Waals surface area contributed by atoms with Gasteiger partial charge in [0.2, 0.25) is 5.91 Å². The number of carbonyl (C=O) groups is 1. The molecule has 2 saturated heterocycles. The zero-order valence-electron chi connectivity index (χ0n) is 15.7. The lowest BCUT2D eigenvalue weighted by Crippen LogP contribution is -2.59. The Morgan fingerprint density at radius 1 is 1.19 bits per heavy atom. The lowest BCUT2D eigenvalue weighted by Gasteiger charge is -2.43. The Morgan fingerprint density at radius 2 is 2.00 bits per heavy atom. The van der Waals surface area contributed by atoms with Crippen LogP contribution in [-0.2, 0) is 27.9 Å². The highest BCUT2D eigenvalue weighted by molar-refractivity contribution is 5.79. The van der Waals surface area contributed by atoms with E-state index >= 15 is 0 Å². The van der Waals surface area contributed by atoms with Crippen molar-refractivity contribution in [2.24, 2.45) is 13.0 Å². The zero-order chi connectivity index (χ0) is 18.0. The van der Waals surface area contributed by atoms with Crippen molar-refractivity contribution in [3.05, 3.63) is 18.0 Å². The highest BCUT2D eigenvalue weighted by Gasteiger charge is 2.43. The summed E-state index contributed by atoms with van der Waals surface area (Å²) in [6, 6.07) is 0. The van der Waals surface area contributed by atoms with Gasteiger partial charge in [0, 0.05) is 44.4 Å². The monoisotopic (exact) mass is 362 g/mol. The predicted octanol–water partition coefficient (Wildman–Crippen LogP) is 1.39. The number of morpholine rings is 1. The molecular weight excluding hydrogens is 332 g/mol. The highest BCUT2D eigenvalue weighted by Crippen LogP contribution is 2.30. The third-order valence-electron chi connectivity index (χ3n) is 5.79. The van der Waals surface area contributed by atoms with Crippen molar-refractivity contribution in [2.75, 3.05) is 39.4 Å². The summed E-state index contributed by atoms with van der Waals surface area (Å²) in [6.07, 6.45) is 9.38. The quantitative estimate of drug-likeness (QED) is 0.813. The first kappa shape index (κ1) is 17.9. The number of nitrogens with zero attached hydrogens (tertiary/aromatic N) is 4. The van der Waals surface area contributed by atoms with Crippen LogP contribution in [0.3, 0.4) is 0 Å². The molecule has 3 aliphatic rings. The Labute approximate surface area is 155 Å². The van der Waals surface area contributed by atoms with Crippen LogP contribution in [0.1, 0.15) is 37.7 Å². The number of hydrogen-bond donors (Lipinski definition) is 0. The highest BCUT2D eigenvalue weighted by atomic mass is 16.7. The number of hydrogen-bond acceptors (Lipinski definition) is 5. The molecule has 3 fully saturated rings. The van der Waals surface area contributed by atoms with Crippen molar-refractivity contribution in [2.45, 2.75) is 44.4 Å². The van der Waals surface area contributed by atoms with E-state index in [1.165, 1.54) is 18.4 Å². The fourth-order valence-electron chi connectivity index (χ4n) is 4.52. The van der Waals surface area contributed by atoms with Crippen LogP contribution >= 0.6 is 0 Å². The number of rotatable bonds is 3. The molecule has 26 heavy (non-hydrogen) atoms. The first-order chi connectivity index (χ1) is 12.6. The van der Waals surface area contributed by atoms with Crippen LogP contribution in [0.5, 0.6) is 0 Å². The average Bonchev–Trinajstić information content (AvgIpc) is 3.26. The normalized spacial score (nSPS) is 28.6. The van der Waals surface area contributed by atoms with Crippen molar-refractivity contribution in [1.82, 2.24) is 19.6 Å². The Hall–Kier alpha value is -1.44. The van der Waals surface area contributed by atoms with Gasteiger partial charge in [0.25, 0.3) is 0 Å². The third-order valence-corrected chi connectivity index (χ3v) is 5.79. The summed E-state index contributed by atoms with van der Waals surface area (Å²) in [7, 11) is 1.94. The van der Waals surface area contributed by atoms with Crippen LogP contribution in [0.4, 0.5) is 0 Å². The summed E-state index contributed by atoms with van der Waals surface area (Å²) in [5.74, 6) is -0.176. The van der Waals surface area contributed by atoms with Gasteiger partial charge < -0.3 is 14.4 Å². The lowest BCUT2D eigenvalue weighted by atomic mass is 10.1. The van der Waals surface area contributed by atoms with Gasteiger partial charge in [-0.1, -0.05) is 12.8 Å². The van der Waals surface area contributed by atoms with Crippen molar-refractivity contribution < 1.29 is 14.3 Å². The van der Waals surface area contributed by atoms with Gasteiger partial charge in [-0.3, -0.25) is 14.4 Å². The maximum absolute atomic E-state index is 12.9. The molecule has 1 aliphatic carbocycles. The minimum absolute atomic E-state index is 0.211. The van der Waals surface area contributed by atoms with Crippen LogP contribution < -0.4 is 0 Å². The van der Waals surface area contributed by atoms with Crippen molar-refractivity contribution in [3.8, 4) is 0 Å². The van der Waals surface area contributed by atoms with E-state index < -0.39 is 5.79 Å². The Bertz CT molecular complexity index is 628. The van der Waals surface area contributed by atoms with E-state index in [1.807, 2.05) is 22.8 Å². The summed E-state index contributed by atoms with van der Waals surface area (Å²) in [4.78, 5) is 17.2. The van der Waals surface area contributed by atoms with E-state index in [1.54, 1.807) is 0 Å². The van der Waals surface area contributed by atoms with Crippen LogP contribution in [-0.4, -0.2) is 70.7 Å². The van der Waals surface area contributed by atoms with Crippen molar-refractivity contribution >= 4 is 5.91 Å². The van der Waals surface area contributed by atoms with E-state index in [-0.39, 0.29) is 5.92 Å². The summed E-state index contributed by atoms with van der Waals surface area (Å²) in [5.41, 5.74) is 1.19. The third kappa shape index (κ3) is 3.94. The average molecular weight is 362 g/mol. The van der Waals surface area contributed by atoms with Gasteiger partial charge >= 0.3 is 0 Å². The van der Waals surface area contributed by atoms with E-state index in [2.05, 4.69) is 16.2 Å². The molecule has 1 atom stereocenters. The van der Waals surface area contributed by atoms with Crippen molar-refractivity contribution in [1.29, 1.82) is 0 Å². The Morgan fingerprint density at radius 3 is 2.77 bits per heavy atom. The van der Waals surface area contributed by atoms with Gasteiger partial charge in [0.1, 0.15) is 0 Å². The largest absolute Gasteiger partial charge is 0.347 e. The summed E-state index contributed by atoms with van der Waals surface area (Å²) >= 11 is 0. The van der Waals surface area contributed by atoms with Gasteiger partial charge in [-0.25, -0.2) is 0 Å². The number of amides is 1. The number of ether oxygens (including phenoxy) is 2. The fourth-order valence-corrected chi connectivity index (χ4v) is 4.52. The number of aromatic nitrogens is 2. The molecule has 7 heteroatoms. The van der Waals surface area contributed by atoms with Crippen molar-refractivity contribution in [3.63, 3.8) is 0 Å². The van der Waals surface area contributed by atoms with E-state index in [0.29, 0.717) is 38.8 Å². The van der Waals surface area contributed by atoms with E-state index in [0.717, 1.165) is 32.4 Å². The molecule has 1 unspecified atom stereocenters. The number of carbonyl (C=O) groups excluding carboxylic acids is 1. The van der Waals surface area contributed by atoms with Gasteiger partial charge in [-0.05, 0) is 19.3 Å². The standard InChI is InChI=1S/C19H30N4O3/c1-21-12-16(11-20-21)13-22-7-4-9-25-19(14-22)15-23(8-10-26-19)18(24)17-5-2-3-6-17/h11-12,17H,2-10,13-15H2,1H3. The zero-order valence-corrected chi connectivity index (χ0v) is 15.7. The molecule has 3 heterocycles. The van der Waals surface area contributed by atoms with Crippen LogP contribution in [0, 0.1) is 5.92 Å². The number of aryl methyl sites for hydroxylation is 1. The second kappa shape index (κ2) is 7.66. The summed E-state index contributed by atoms with van der Waals surface area (Å²) in [5, 5.41) is 4.26. The van der Waals surface area contributed by atoms with Gasteiger partial charge in [-0.15, -0.1) is 0 Å². The fraction of sp³-hybridized carbons (Fsp3) is 0.789. The second-order valence-corrected chi connectivity index (χ2v) is 7.94. The molecule has 1 spiro atoms. The molecule has 1 saturated carbocycles. The van der Waals surface area contributed by atoms with E-state index in [4.69, 9.17) is 9.47 Å². The molecular formula is C19H30N4O3. The lowest BCUT2D eigenvalue weighted by molar-refractivity contribution is -0.265. The van der Waals surface area contributed by atoms with Gasteiger partial charge in [-0.2, -0.15) is 5.10 Å². The predicted molar refractivity (Wildman–Crippen MR) is 96.3 cm³/mol. The summed E-state index contributed by atoms with van der Waals surface area (Å²) in [6.45, 7) is 4.95. The van der Waals surface area contributed by atoms with Crippen LogP contribution in [0.15, 0.2) is 12.4 Å². The molecule has 0 aromatic carbocycles. The maximum Gasteiger partial charge on any atom is 0.225 e. The molecule has 2 aliphatic heterocycles. The molecule has 7 nitrogen and oxygen atoms in total. The molecule has 0 N–H and O–H groups in total. The molecule has 144 valence electrons. The van der Waals surface area contributed by atoms with Crippen LogP contribution in [0.2, 0.25) is 0 Å². The molecule has 1 aromatic rings. The molecule has 0 radical (unpaired) electrons. The van der Waals surface area contributed by atoms with Gasteiger partial charge in [0.15, 0.2) is 5.79 Å². The van der Waals surface area contributed by atoms with Gasteiger partial charge in [0.05, 0.1) is 32.5 Å². The SMILES string of the molecule is Cn1cc(CN2CCCOC3(C2)CN(C(=O)C2CCCC2)CCO3)cn1. The Kier molecular flexibility index (Phi) is 5.29. The molecule has 1 aromatic heterocycles. The molecule has 0 bridgehead atoms. The van der Waals surface area contributed by atoms with Crippen LogP contribution in [0.25, 0.3) is 0 Å². The first-order valence-corrected chi connectivity index (χ1v) is 9.90. The summed E-state index contributed by atoms with van der Waals surface area (Å²) < 4.78 is 14.1. The maximum atomic E-state index is 12.9.